The number of piperidine rings is 1. The molecule has 9 nitrogen and oxygen atoms in total. The first-order valence-corrected chi connectivity index (χ1v) is 10.9. The van der Waals surface area contributed by atoms with Crippen molar-refractivity contribution in [3.05, 3.63) is 29.3 Å². The van der Waals surface area contributed by atoms with Crippen LogP contribution in [0.3, 0.4) is 0 Å². The number of carbonyl (C=O) groups is 5. The van der Waals surface area contributed by atoms with Gasteiger partial charge in [0.1, 0.15) is 11.6 Å². The van der Waals surface area contributed by atoms with Crippen LogP contribution < -0.4 is 10.6 Å². The van der Waals surface area contributed by atoms with E-state index in [-0.39, 0.29) is 41.9 Å². The highest BCUT2D eigenvalue weighted by atomic mass is 16.6. The van der Waals surface area contributed by atoms with Crippen molar-refractivity contribution in [3.8, 4) is 0 Å². The average molecular weight is 441 g/mol. The second-order valence-electron chi connectivity index (χ2n) is 9.56. The maximum atomic E-state index is 13.2. The summed E-state index contributed by atoms with van der Waals surface area (Å²) >= 11 is 0. The molecule has 3 atom stereocenters. The van der Waals surface area contributed by atoms with Crippen molar-refractivity contribution in [2.75, 3.05) is 5.32 Å². The van der Waals surface area contributed by atoms with Gasteiger partial charge in [-0.3, -0.25) is 34.2 Å². The number of amides is 4. The van der Waals surface area contributed by atoms with E-state index in [1.165, 1.54) is 0 Å². The molecule has 2 heterocycles. The van der Waals surface area contributed by atoms with Crippen molar-refractivity contribution >= 4 is 35.3 Å². The van der Waals surface area contributed by atoms with Crippen molar-refractivity contribution in [1.29, 1.82) is 0 Å². The lowest BCUT2D eigenvalue weighted by Crippen LogP contribution is -2.54. The Hall–Kier alpha value is -3.23. The minimum absolute atomic E-state index is 0.0495. The van der Waals surface area contributed by atoms with Crippen LogP contribution in [-0.4, -0.2) is 52.2 Å². The van der Waals surface area contributed by atoms with Gasteiger partial charge in [-0.25, -0.2) is 0 Å². The second kappa shape index (κ2) is 8.03. The van der Waals surface area contributed by atoms with Crippen molar-refractivity contribution in [2.24, 2.45) is 5.92 Å². The van der Waals surface area contributed by atoms with Gasteiger partial charge in [0.05, 0.1) is 17.0 Å². The van der Waals surface area contributed by atoms with E-state index in [1.807, 2.05) is 20.8 Å². The van der Waals surface area contributed by atoms with E-state index in [2.05, 4.69) is 10.6 Å². The summed E-state index contributed by atoms with van der Waals surface area (Å²) in [6, 6.07) is 3.91. The molecule has 2 unspecified atom stereocenters. The fourth-order valence-corrected chi connectivity index (χ4v) is 4.57. The summed E-state index contributed by atoms with van der Waals surface area (Å²) in [6.07, 6.45) is 2.16. The summed E-state index contributed by atoms with van der Waals surface area (Å²) in [7, 11) is 0. The SMILES string of the molecule is CC(C)(C)OC(=O)C1CC[C@H](Nc2cccc3c2C(=O)N(C2CCC(=O)NC2=O)C3=O)C1. The third-order valence-electron chi connectivity index (χ3n) is 6.00. The van der Waals surface area contributed by atoms with Crippen LogP contribution in [0.2, 0.25) is 0 Å². The van der Waals surface area contributed by atoms with Gasteiger partial charge in [0.2, 0.25) is 11.8 Å². The van der Waals surface area contributed by atoms with E-state index in [9.17, 15) is 24.0 Å². The Kier molecular flexibility index (Phi) is 5.52. The van der Waals surface area contributed by atoms with E-state index < -0.39 is 35.3 Å². The highest BCUT2D eigenvalue weighted by Crippen LogP contribution is 2.35. The maximum Gasteiger partial charge on any atom is 0.309 e. The van der Waals surface area contributed by atoms with Crippen LogP contribution in [0.4, 0.5) is 5.69 Å². The Morgan fingerprint density at radius 3 is 2.53 bits per heavy atom. The minimum Gasteiger partial charge on any atom is -0.460 e. The first-order valence-electron chi connectivity index (χ1n) is 10.9. The summed E-state index contributed by atoms with van der Waals surface area (Å²) in [5, 5.41) is 5.52. The monoisotopic (exact) mass is 441 g/mol. The number of carbonyl (C=O) groups excluding carboxylic acids is 5. The minimum atomic E-state index is -1.00. The van der Waals surface area contributed by atoms with Gasteiger partial charge in [-0.2, -0.15) is 0 Å². The van der Waals surface area contributed by atoms with E-state index in [0.717, 1.165) is 11.3 Å². The van der Waals surface area contributed by atoms with Crippen molar-refractivity contribution in [2.45, 2.75) is 70.6 Å². The standard InChI is InChI=1S/C23H27N3O6/c1-23(2,3)32-22(31)12-7-8-13(11-12)24-15-6-4-5-14-18(15)21(30)26(20(14)29)16-9-10-17(27)25-19(16)28/h4-6,12-13,16,24H,7-11H2,1-3H3,(H,25,27,28)/t12?,13-,16?/m0/s1. The molecule has 170 valence electrons. The Morgan fingerprint density at radius 1 is 1.09 bits per heavy atom. The van der Waals surface area contributed by atoms with Crippen LogP contribution in [0, 0.1) is 5.92 Å². The zero-order chi connectivity index (χ0) is 23.2. The number of anilines is 1. The molecular formula is C23H27N3O6. The smallest absolute Gasteiger partial charge is 0.309 e. The number of benzene rings is 1. The Balaban J connectivity index is 1.50. The normalized spacial score (nSPS) is 25.6. The molecule has 32 heavy (non-hydrogen) atoms. The van der Waals surface area contributed by atoms with Crippen LogP contribution in [0.25, 0.3) is 0 Å². The van der Waals surface area contributed by atoms with Crippen LogP contribution in [0.5, 0.6) is 0 Å². The largest absolute Gasteiger partial charge is 0.460 e. The quantitative estimate of drug-likeness (QED) is 0.541. The fourth-order valence-electron chi connectivity index (χ4n) is 4.57. The third-order valence-corrected chi connectivity index (χ3v) is 6.00. The molecule has 0 bridgehead atoms. The average Bonchev–Trinajstić information content (AvgIpc) is 3.25. The van der Waals surface area contributed by atoms with Crippen LogP contribution in [-0.2, 0) is 19.1 Å². The van der Waals surface area contributed by atoms with Gasteiger partial charge in [-0.1, -0.05) is 6.07 Å². The van der Waals surface area contributed by atoms with Crippen LogP contribution in [0.15, 0.2) is 18.2 Å². The predicted octanol–water partition coefficient (Wildman–Crippen LogP) is 2.01. The van der Waals surface area contributed by atoms with Crippen LogP contribution in [0.1, 0.15) is 73.6 Å². The molecule has 0 aromatic heterocycles. The van der Waals surface area contributed by atoms with Crippen molar-refractivity contribution in [3.63, 3.8) is 0 Å². The molecule has 0 spiro atoms. The van der Waals surface area contributed by atoms with Gasteiger partial charge < -0.3 is 10.1 Å². The molecule has 1 saturated heterocycles. The zero-order valence-corrected chi connectivity index (χ0v) is 18.4. The van der Waals surface area contributed by atoms with Crippen molar-refractivity contribution in [1.82, 2.24) is 10.2 Å². The lowest BCUT2D eigenvalue weighted by Gasteiger charge is -2.28. The first kappa shape index (κ1) is 22.0. The summed E-state index contributed by atoms with van der Waals surface area (Å²) in [4.78, 5) is 63.2. The molecule has 4 rings (SSSR count). The highest BCUT2D eigenvalue weighted by Gasteiger charge is 2.46. The van der Waals surface area contributed by atoms with E-state index in [0.29, 0.717) is 18.5 Å². The van der Waals surface area contributed by atoms with Gasteiger partial charge in [-0.15, -0.1) is 0 Å². The molecular weight excluding hydrogens is 414 g/mol. The Morgan fingerprint density at radius 2 is 1.84 bits per heavy atom. The predicted molar refractivity (Wildman–Crippen MR) is 114 cm³/mol. The van der Waals surface area contributed by atoms with Gasteiger partial charge in [0.15, 0.2) is 0 Å². The lowest BCUT2D eigenvalue weighted by atomic mass is 10.0. The number of nitrogens with one attached hydrogen (secondary N) is 2. The fraction of sp³-hybridized carbons (Fsp3) is 0.522. The van der Waals surface area contributed by atoms with Gasteiger partial charge in [0.25, 0.3) is 11.8 Å². The van der Waals surface area contributed by atoms with E-state index in [4.69, 9.17) is 4.74 Å². The van der Waals surface area contributed by atoms with Gasteiger partial charge in [0, 0.05) is 18.2 Å². The number of imide groups is 2. The molecule has 1 aromatic carbocycles. The number of hydrogen-bond acceptors (Lipinski definition) is 7. The first-order chi connectivity index (χ1) is 15.0. The number of rotatable bonds is 4. The molecule has 3 aliphatic rings. The second-order valence-corrected chi connectivity index (χ2v) is 9.56. The number of ether oxygens (including phenoxy) is 1. The number of hydrogen-bond donors (Lipinski definition) is 2. The van der Waals surface area contributed by atoms with Gasteiger partial charge >= 0.3 is 5.97 Å². The summed E-state index contributed by atoms with van der Waals surface area (Å²) < 4.78 is 5.49. The molecule has 2 aliphatic heterocycles. The number of nitrogens with zero attached hydrogens (tertiary/aromatic N) is 1. The molecule has 9 heteroatoms. The molecule has 2 fully saturated rings. The molecule has 2 N–H and O–H groups in total. The molecule has 4 amide bonds. The summed E-state index contributed by atoms with van der Waals surface area (Å²) in [5.41, 5.74) is 0.412. The topological polar surface area (TPSA) is 122 Å². The maximum absolute atomic E-state index is 13.2. The number of esters is 1. The number of fused-ring (bicyclic) bond motifs is 1. The van der Waals surface area contributed by atoms with Crippen LogP contribution >= 0.6 is 0 Å². The lowest BCUT2D eigenvalue weighted by molar-refractivity contribution is -0.159. The van der Waals surface area contributed by atoms with E-state index in [1.54, 1.807) is 18.2 Å². The third kappa shape index (κ3) is 4.11. The Labute approximate surface area is 185 Å². The zero-order valence-electron chi connectivity index (χ0n) is 18.4. The Bertz CT molecular complexity index is 1010. The van der Waals surface area contributed by atoms with Gasteiger partial charge in [-0.05, 0) is 58.6 Å². The van der Waals surface area contributed by atoms with E-state index >= 15 is 0 Å². The summed E-state index contributed by atoms with van der Waals surface area (Å²) in [5.74, 6) is -2.59. The molecule has 1 saturated carbocycles. The molecule has 0 radical (unpaired) electrons. The summed E-state index contributed by atoms with van der Waals surface area (Å²) in [6.45, 7) is 5.50. The molecule has 1 aliphatic carbocycles. The molecule has 1 aromatic rings. The van der Waals surface area contributed by atoms with Crippen molar-refractivity contribution < 1.29 is 28.7 Å². The highest BCUT2D eigenvalue weighted by molar-refractivity contribution is 6.25.